The summed E-state index contributed by atoms with van der Waals surface area (Å²) in [5.74, 6) is 0. The lowest BCUT2D eigenvalue weighted by Crippen LogP contribution is -2.46. The van der Waals surface area contributed by atoms with Crippen molar-refractivity contribution in [1.82, 2.24) is 15.0 Å². The van der Waals surface area contributed by atoms with Crippen LogP contribution in [0.15, 0.2) is 27.8 Å². The molecule has 1 amide bonds. The van der Waals surface area contributed by atoms with Crippen molar-refractivity contribution >= 4 is 32.0 Å². The van der Waals surface area contributed by atoms with Gasteiger partial charge in [-0.2, -0.15) is 0 Å². The Morgan fingerprint density at radius 3 is 2.60 bits per heavy atom. The molecule has 0 radical (unpaired) electrons. The summed E-state index contributed by atoms with van der Waals surface area (Å²) < 4.78 is 33.5. The number of amides is 1. The Labute approximate surface area is 157 Å². The number of ether oxygens (including phenoxy) is 1. The fourth-order valence-electron chi connectivity index (χ4n) is 2.73. The first kappa shape index (κ1) is 20.1. The van der Waals surface area contributed by atoms with E-state index in [2.05, 4.69) is 31.0 Å². The molecule has 0 bridgehead atoms. The number of sulfonamides is 1. The highest BCUT2D eigenvalue weighted by atomic mass is 79.9. The van der Waals surface area contributed by atoms with E-state index >= 15 is 0 Å². The SMILES string of the molecule is CC(C)(C)OC(=O)N[C@@H]1CCC[C@@H](NS(=O)(=O)c2cncc(Br)c2)C1. The number of halogens is 1. The van der Waals surface area contributed by atoms with Gasteiger partial charge in [-0.15, -0.1) is 0 Å². The van der Waals surface area contributed by atoms with E-state index in [-0.39, 0.29) is 17.0 Å². The van der Waals surface area contributed by atoms with Gasteiger partial charge in [0, 0.05) is 29.0 Å². The maximum absolute atomic E-state index is 12.5. The molecule has 0 spiro atoms. The predicted molar refractivity (Wildman–Crippen MR) is 97.7 cm³/mol. The third kappa shape index (κ3) is 6.56. The molecule has 9 heteroatoms. The maximum atomic E-state index is 12.5. The molecule has 1 fully saturated rings. The van der Waals surface area contributed by atoms with E-state index in [0.29, 0.717) is 10.9 Å². The lowest BCUT2D eigenvalue weighted by atomic mass is 9.92. The number of carbonyl (C=O) groups is 1. The van der Waals surface area contributed by atoms with Crippen molar-refractivity contribution in [3.05, 3.63) is 22.9 Å². The standard InChI is InChI=1S/C16H24BrN3O4S/c1-16(2,3)24-15(21)19-12-5-4-6-13(8-12)20-25(22,23)14-7-11(17)9-18-10-14/h7,9-10,12-13,20H,4-6,8H2,1-3H3,(H,19,21)/t12-,13-/m1/s1. The molecule has 25 heavy (non-hydrogen) atoms. The molecule has 0 saturated heterocycles. The van der Waals surface area contributed by atoms with Crippen LogP contribution < -0.4 is 10.0 Å². The van der Waals surface area contributed by atoms with Crippen molar-refractivity contribution < 1.29 is 17.9 Å². The lowest BCUT2D eigenvalue weighted by Gasteiger charge is -2.31. The van der Waals surface area contributed by atoms with E-state index in [1.54, 1.807) is 20.8 Å². The normalized spacial score (nSPS) is 21.6. The van der Waals surface area contributed by atoms with E-state index in [1.165, 1.54) is 18.5 Å². The zero-order valence-electron chi connectivity index (χ0n) is 14.6. The van der Waals surface area contributed by atoms with E-state index in [1.807, 2.05) is 0 Å². The van der Waals surface area contributed by atoms with Crippen LogP contribution in [0.2, 0.25) is 0 Å². The average molecular weight is 434 g/mol. The minimum atomic E-state index is -3.65. The minimum Gasteiger partial charge on any atom is -0.444 e. The average Bonchev–Trinajstić information content (AvgIpc) is 2.45. The van der Waals surface area contributed by atoms with Gasteiger partial charge in [0.1, 0.15) is 10.5 Å². The Morgan fingerprint density at radius 1 is 1.28 bits per heavy atom. The van der Waals surface area contributed by atoms with Gasteiger partial charge in [0.2, 0.25) is 10.0 Å². The van der Waals surface area contributed by atoms with Crippen LogP contribution in [0.25, 0.3) is 0 Å². The van der Waals surface area contributed by atoms with E-state index < -0.39 is 21.7 Å². The largest absolute Gasteiger partial charge is 0.444 e. The molecule has 140 valence electrons. The number of pyridine rings is 1. The molecule has 2 atom stereocenters. The quantitative estimate of drug-likeness (QED) is 0.760. The van der Waals surface area contributed by atoms with Gasteiger partial charge in [-0.1, -0.05) is 0 Å². The molecule has 2 rings (SSSR count). The lowest BCUT2D eigenvalue weighted by molar-refractivity contribution is 0.0490. The molecule has 1 aromatic heterocycles. The fourth-order valence-corrected chi connectivity index (χ4v) is 4.52. The Kier molecular flexibility index (Phi) is 6.45. The van der Waals surface area contributed by atoms with Crippen LogP contribution in [0.1, 0.15) is 46.5 Å². The second-order valence-electron chi connectivity index (χ2n) is 7.17. The van der Waals surface area contributed by atoms with Crippen LogP contribution in [0.4, 0.5) is 4.79 Å². The molecular weight excluding hydrogens is 410 g/mol. The molecular formula is C16H24BrN3O4S. The summed E-state index contributed by atoms with van der Waals surface area (Å²) in [6, 6.07) is 1.16. The van der Waals surface area contributed by atoms with Crippen LogP contribution in [0, 0.1) is 0 Å². The third-order valence-electron chi connectivity index (χ3n) is 3.71. The number of hydrogen-bond acceptors (Lipinski definition) is 5. The summed E-state index contributed by atoms with van der Waals surface area (Å²) >= 11 is 3.22. The third-order valence-corrected chi connectivity index (χ3v) is 5.63. The highest BCUT2D eigenvalue weighted by Gasteiger charge is 2.28. The summed E-state index contributed by atoms with van der Waals surface area (Å²) in [7, 11) is -3.65. The topological polar surface area (TPSA) is 97.4 Å². The van der Waals surface area contributed by atoms with Crippen molar-refractivity contribution in [1.29, 1.82) is 0 Å². The van der Waals surface area contributed by atoms with E-state index in [0.717, 1.165) is 19.3 Å². The summed E-state index contributed by atoms with van der Waals surface area (Å²) in [6.07, 6.45) is 5.25. The summed E-state index contributed by atoms with van der Waals surface area (Å²) in [5.41, 5.74) is -0.562. The zero-order valence-corrected chi connectivity index (χ0v) is 17.0. The van der Waals surface area contributed by atoms with Crippen molar-refractivity contribution in [2.24, 2.45) is 0 Å². The Balaban J connectivity index is 1.96. The van der Waals surface area contributed by atoms with Gasteiger partial charge in [0.15, 0.2) is 0 Å². The van der Waals surface area contributed by atoms with Crippen molar-refractivity contribution in [2.75, 3.05) is 0 Å². The van der Waals surface area contributed by atoms with Gasteiger partial charge >= 0.3 is 6.09 Å². The Morgan fingerprint density at radius 2 is 1.96 bits per heavy atom. The first-order valence-electron chi connectivity index (χ1n) is 8.17. The second-order valence-corrected chi connectivity index (χ2v) is 9.80. The molecule has 0 unspecified atom stereocenters. The second kappa shape index (κ2) is 8.01. The molecule has 7 nitrogen and oxygen atoms in total. The molecule has 1 aliphatic carbocycles. The smallest absolute Gasteiger partial charge is 0.407 e. The van der Waals surface area contributed by atoms with Crippen LogP contribution in [0.5, 0.6) is 0 Å². The number of rotatable bonds is 4. The van der Waals surface area contributed by atoms with Gasteiger partial charge in [-0.05, 0) is 68.5 Å². The van der Waals surface area contributed by atoms with Gasteiger partial charge in [0.25, 0.3) is 0 Å². The van der Waals surface area contributed by atoms with Crippen LogP contribution >= 0.6 is 15.9 Å². The summed E-state index contributed by atoms with van der Waals surface area (Å²) in [5, 5.41) is 2.82. The minimum absolute atomic E-state index is 0.114. The van der Waals surface area contributed by atoms with Crippen LogP contribution in [0.3, 0.4) is 0 Å². The zero-order chi connectivity index (χ0) is 18.7. The number of nitrogens with one attached hydrogen (secondary N) is 2. The van der Waals surface area contributed by atoms with Crippen molar-refractivity contribution in [3.63, 3.8) is 0 Å². The van der Waals surface area contributed by atoms with Crippen LogP contribution in [-0.4, -0.2) is 37.2 Å². The van der Waals surface area contributed by atoms with Gasteiger partial charge in [-0.25, -0.2) is 17.9 Å². The molecule has 1 aliphatic rings. The molecule has 1 aromatic rings. The Hall–Kier alpha value is -1.19. The predicted octanol–water partition coefficient (Wildman–Crippen LogP) is 2.96. The van der Waals surface area contributed by atoms with Gasteiger partial charge in [0.05, 0.1) is 0 Å². The first-order valence-corrected chi connectivity index (χ1v) is 10.5. The number of carbonyl (C=O) groups excluding carboxylic acids is 1. The highest BCUT2D eigenvalue weighted by Crippen LogP contribution is 2.22. The molecule has 0 aliphatic heterocycles. The Bertz CT molecular complexity index is 718. The van der Waals surface area contributed by atoms with Crippen LogP contribution in [-0.2, 0) is 14.8 Å². The monoisotopic (exact) mass is 433 g/mol. The number of hydrogen-bond donors (Lipinski definition) is 2. The van der Waals surface area contributed by atoms with Crippen molar-refractivity contribution in [2.45, 2.75) is 69.0 Å². The highest BCUT2D eigenvalue weighted by molar-refractivity contribution is 9.10. The molecule has 2 N–H and O–H groups in total. The number of alkyl carbamates (subject to hydrolysis) is 1. The maximum Gasteiger partial charge on any atom is 0.407 e. The summed E-state index contributed by atoms with van der Waals surface area (Å²) in [4.78, 5) is 15.9. The van der Waals surface area contributed by atoms with E-state index in [4.69, 9.17) is 4.74 Å². The molecule has 0 aromatic carbocycles. The molecule has 1 saturated carbocycles. The number of nitrogens with zero attached hydrogens (tertiary/aromatic N) is 1. The summed E-state index contributed by atoms with van der Waals surface area (Å²) in [6.45, 7) is 5.41. The van der Waals surface area contributed by atoms with Gasteiger partial charge in [-0.3, -0.25) is 4.98 Å². The van der Waals surface area contributed by atoms with E-state index in [9.17, 15) is 13.2 Å². The van der Waals surface area contributed by atoms with Crippen molar-refractivity contribution in [3.8, 4) is 0 Å². The molecule has 1 heterocycles. The number of aromatic nitrogens is 1. The fraction of sp³-hybridized carbons (Fsp3) is 0.625. The van der Waals surface area contributed by atoms with Gasteiger partial charge < -0.3 is 10.1 Å². The first-order chi connectivity index (χ1) is 11.5.